The van der Waals surface area contributed by atoms with Gasteiger partial charge in [-0.2, -0.15) is 0 Å². The van der Waals surface area contributed by atoms with Gasteiger partial charge >= 0.3 is 0 Å². The number of halogens is 2. The summed E-state index contributed by atoms with van der Waals surface area (Å²) < 4.78 is 0. The first-order valence-electron chi connectivity index (χ1n) is 3.57. The van der Waals surface area contributed by atoms with Gasteiger partial charge in [-0.25, -0.2) is 0 Å². The van der Waals surface area contributed by atoms with E-state index in [1.54, 1.807) is 0 Å². The van der Waals surface area contributed by atoms with Crippen molar-refractivity contribution in [2.24, 2.45) is 5.92 Å². The van der Waals surface area contributed by atoms with E-state index in [1.807, 2.05) is 13.8 Å². The predicted molar refractivity (Wildman–Crippen MR) is 48.0 cm³/mol. The summed E-state index contributed by atoms with van der Waals surface area (Å²) in [6.45, 7) is 4.30. The number of amides is 1. The number of carbonyl (C=O) groups is 1. The maximum atomic E-state index is 10.9. The lowest BCUT2D eigenvalue weighted by atomic mass is 10.1. The zero-order valence-electron chi connectivity index (χ0n) is 6.73. The molecule has 0 rings (SSSR count). The van der Waals surface area contributed by atoms with Crippen LogP contribution >= 0.6 is 23.2 Å². The zero-order chi connectivity index (χ0) is 8.85. The first kappa shape index (κ1) is 11.1. The topological polar surface area (TPSA) is 29.1 Å². The molecule has 0 bridgehead atoms. The summed E-state index contributed by atoms with van der Waals surface area (Å²) in [6, 6.07) is 0. The molecule has 0 unspecified atom stereocenters. The monoisotopic (exact) mass is 197 g/mol. The van der Waals surface area contributed by atoms with E-state index in [4.69, 9.17) is 23.2 Å². The molecule has 11 heavy (non-hydrogen) atoms. The number of hydrogen-bond donors (Lipinski definition) is 1. The highest BCUT2D eigenvalue weighted by atomic mass is 35.5. The molecule has 0 saturated carbocycles. The van der Waals surface area contributed by atoms with Crippen molar-refractivity contribution in [1.29, 1.82) is 0 Å². The van der Waals surface area contributed by atoms with Crippen molar-refractivity contribution in [3.8, 4) is 0 Å². The number of carbonyl (C=O) groups excluding carboxylic acids is 1. The molecule has 0 heterocycles. The van der Waals surface area contributed by atoms with Crippen LogP contribution in [0.2, 0.25) is 0 Å². The summed E-state index contributed by atoms with van der Waals surface area (Å²) >= 11 is 10.8. The lowest BCUT2D eigenvalue weighted by Crippen LogP contribution is -2.28. The lowest BCUT2D eigenvalue weighted by Gasteiger charge is -2.06. The van der Waals surface area contributed by atoms with E-state index in [9.17, 15) is 4.79 Å². The second kappa shape index (κ2) is 5.67. The van der Waals surface area contributed by atoms with Gasteiger partial charge in [0.1, 0.15) is 4.84 Å². The minimum atomic E-state index is -0.508. The number of hydrogen-bond acceptors (Lipinski definition) is 1. The molecular weight excluding hydrogens is 185 g/mol. The molecule has 0 aromatic carbocycles. The molecule has 0 aliphatic heterocycles. The van der Waals surface area contributed by atoms with Crippen LogP contribution in [0.1, 0.15) is 20.3 Å². The van der Waals surface area contributed by atoms with Crippen molar-refractivity contribution in [2.75, 3.05) is 6.54 Å². The Morgan fingerprint density at radius 2 is 2.00 bits per heavy atom. The van der Waals surface area contributed by atoms with E-state index in [-0.39, 0.29) is 5.91 Å². The highest BCUT2D eigenvalue weighted by Gasteiger charge is 2.05. The predicted octanol–water partition coefficient (Wildman–Crippen LogP) is 1.95. The molecule has 0 aromatic rings. The minimum absolute atomic E-state index is 0.00583. The maximum Gasteiger partial charge on any atom is 0.220 e. The second-order valence-electron chi connectivity index (χ2n) is 2.79. The highest BCUT2D eigenvalue weighted by molar-refractivity contribution is 6.44. The van der Waals surface area contributed by atoms with Crippen LogP contribution in [0.5, 0.6) is 0 Å². The molecule has 1 amide bonds. The largest absolute Gasteiger partial charge is 0.353 e. The molecule has 1 N–H and O–H groups in total. The van der Waals surface area contributed by atoms with Crippen molar-refractivity contribution < 1.29 is 4.79 Å². The molecule has 0 fully saturated rings. The van der Waals surface area contributed by atoms with Gasteiger partial charge in [0.15, 0.2) is 0 Å². The van der Waals surface area contributed by atoms with Crippen LogP contribution in [0.4, 0.5) is 0 Å². The number of alkyl halides is 2. The van der Waals surface area contributed by atoms with E-state index < -0.39 is 4.84 Å². The molecule has 0 aliphatic carbocycles. The fourth-order valence-electron chi connectivity index (χ4n) is 0.634. The third-order valence-corrected chi connectivity index (χ3v) is 1.36. The molecule has 0 saturated heterocycles. The Hall–Kier alpha value is 0.0500. The van der Waals surface area contributed by atoms with Crippen LogP contribution in [0, 0.1) is 5.92 Å². The Labute approximate surface area is 77.2 Å². The lowest BCUT2D eigenvalue weighted by molar-refractivity contribution is -0.121. The highest BCUT2D eigenvalue weighted by Crippen LogP contribution is 2.01. The summed E-state index contributed by atoms with van der Waals surface area (Å²) in [5.41, 5.74) is 0. The summed E-state index contributed by atoms with van der Waals surface area (Å²) in [5.74, 6) is 0.380. The third-order valence-electron chi connectivity index (χ3n) is 1.05. The van der Waals surface area contributed by atoms with Crippen LogP contribution in [0.15, 0.2) is 0 Å². The van der Waals surface area contributed by atoms with Crippen molar-refractivity contribution >= 4 is 29.1 Å². The summed E-state index contributed by atoms with van der Waals surface area (Å²) in [7, 11) is 0. The standard InChI is InChI=1S/C7H13Cl2NO/c1-5(2)3-7(11)10-4-6(8)9/h5-6H,3-4H2,1-2H3,(H,10,11). The third kappa shape index (κ3) is 7.95. The van der Waals surface area contributed by atoms with Gasteiger partial charge in [0.2, 0.25) is 5.91 Å². The summed E-state index contributed by atoms with van der Waals surface area (Å²) in [6.07, 6.45) is 0.528. The Bertz CT molecular complexity index is 126. The smallest absolute Gasteiger partial charge is 0.220 e. The molecule has 4 heteroatoms. The first-order chi connectivity index (χ1) is 5.02. The Morgan fingerprint density at radius 1 is 1.45 bits per heavy atom. The second-order valence-corrected chi connectivity index (χ2v) is 4.07. The van der Waals surface area contributed by atoms with Gasteiger partial charge in [-0.1, -0.05) is 13.8 Å². The normalized spacial score (nSPS) is 10.7. The van der Waals surface area contributed by atoms with Crippen molar-refractivity contribution in [3.05, 3.63) is 0 Å². The van der Waals surface area contributed by atoms with E-state index in [0.717, 1.165) is 0 Å². The van der Waals surface area contributed by atoms with Gasteiger partial charge < -0.3 is 5.32 Å². The Kier molecular flexibility index (Phi) is 5.69. The van der Waals surface area contributed by atoms with Gasteiger partial charge in [0, 0.05) is 13.0 Å². The fourth-order valence-corrected chi connectivity index (χ4v) is 0.788. The van der Waals surface area contributed by atoms with Crippen LogP contribution < -0.4 is 5.32 Å². The van der Waals surface area contributed by atoms with E-state index in [0.29, 0.717) is 18.9 Å². The van der Waals surface area contributed by atoms with Crippen molar-refractivity contribution in [3.63, 3.8) is 0 Å². The molecule has 0 radical (unpaired) electrons. The van der Waals surface area contributed by atoms with Crippen LogP contribution in [0.3, 0.4) is 0 Å². The average Bonchev–Trinajstić information content (AvgIpc) is 1.82. The molecule has 0 aliphatic rings. The zero-order valence-corrected chi connectivity index (χ0v) is 8.24. The SMILES string of the molecule is CC(C)CC(=O)NCC(Cl)Cl. The van der Waals surface area contributed by atoms with Crippen LogP contribution in [0.25, 0.3) is 0 Å². The van der Waals surface area contributed by atoms with Crippen LogP contribution in [-0.4, -0.2) is 17.3 Å². The van der Waals surface area contributed by atoms with Gasteiger partial charge in [-0.15, -0.1) is 23.2 Å². The molecule has 66 valence electrons. The molecule has 0 aromatic heterocycles. The van der Waals surface area contributed by atoms with E-state index in [1.165, 1.54) is 0 Å². The van der Waals surface area contributed by atoms with E-state index >= 15 is 0 Å². The first-order valence-corrected chi connectivity index (χ1v) is 4.44. The van der Waals surface area contributed by atoms with Crippen LogP contribution in [-0.2, 0) is 4.79 Å². The van der Waals surface area contributed by atoms with Gasteiger partial charge in [-0.3, -0.25) is 4.79 Å². The number of rotatable bonds is 4. The quantitative estimate of drug-likeness (QED) is 0.687. The summed E-state index contributed by atoms with van der Waals surface area (Å²) in [4.78, 5) is 10.4. The van der Waals surface area contributed by atoms with Gasteiger partial charge in [0.05, 0.1) is 0 Å². The van der Waals surface area contributed by atoms with Gasteiger partial charge in [-0.05, 0) is 5.92 Å². The van der Waals surface area contributed by atoms with Gasteiger partial charge in [0.25, 0.3) is 0 Å². The number of nitrogens with one attached hydrogen (secondary N) is 1. The van der Waals surface area contributed by atoms with Crippen molar-refractivity contribution in [2.45, 2.75) is 25.1 Å². The van der Waals surface area contributed by atoms with Crippen molar-refractivity contribution in [1.82, 2.24) is 5.32 Å². The average molecular weight is 198 g/mol. The maximum absolute atomic E-state index is 10.9. The summed E-state index contributed by atoms with van der Waals surface area (Å²) in [5, 5.41) is 2.61. The van der Waals surface area contributed by atoms with E-state index in [2.05, 4.69) is 5.32 Å². The molecule has 0 spiro atoms. The Morgan fingerprint density at radius 3 is 2.36 bits per heavy atom. The molecular formula is C7H13Cl2NO. The molecule has 2 nitrogen and oxygen atoms in total. The molecule has 0 atom stereocenters. The Balaban J connectivity index is 3.38. The fraction of sp³-hybridized carbons (Fsp3) is 0.857. The minimum Gasteiger partial charge on any atom is -0.353 e.